The number of nitrogens with zero attached hydrogens (tertiary/aromatic N) is 4. The van der Waals surface area contributed by atoms with Gasteiger partial charge >= 0.3 is 6.18 Å². The molecule has 1 saturated heterocycles. The molecule has 218 valence electrons. The molecule has 0 N–H and O–H groups in total. The van der Waals surface area contributed by atoms with E-state index in [0.29, 0.717) is 64.0 Å². The summed E-state index contributed by atoms with van der Waals surface area (Å²) in [7, 11) is 1.82. The highest BCUT2D eigenvalue weighted by Crippen LogP contribution is 2.40. The van der Waals surface area contributed by atoms with Crippen LogP contribution in [0.25, 0.3) is 0 Å². The van der Waals surface area contributed by atoms with Gasteiger partial charge in [0.15, 0.2) is 5.69 Å². The van der Waals surface area contributed by atoms with E-state index in [4.69, 9.17) is 4.74 Å². The molecule has 2 aromatic rings. The third-order valence-corrected chi connectivity index (χ3v) is 8.94. The average Bonchev–Trinajstić information content (AvgIpc) is 3.32. The zero-order chi connectivity index (χ0) is 28.3. The molecule has 0 unspecified atom stereocenters. The predicted molar refractivity (Wildman–Crippen MR) is 144 cm³/mol. The molecular formula is C30H39F3N4O3. The van der Waals surface area contributed by atoms with Gasteiger partial charge in [-0.1, -0.05) is 31.0 Å². The molecular weight excluding hydrogens is 521 g/mol. The Bertz CT molecular complexity index is 1220. The van der Waals surface area contributed by atoms with Crippen LogP contribution >= 0.6 is 0 Å². The summed E-state index contributed by atoms with van der Waals surface area (Å²) in [5.74, 6) is 0.729. The summed E-state index contributed by atoms with van der Waals surface area (Å²) < 4.78 is 48.1. The Morgan fingerprint density at radius 3 is 2.48 bits per heavy atom. The number of hydrogen-bond donors (Lipinski definition) is 0. The van der Waals surface area contributed by atoms with E-state index in [1.165, 1.54) is 10.2 Å². The predicted octanol–water partition coefficient (Wildman–Crippen LogP) is 5.04. The molecule has 1 aromatic heterocycles. The summed E-state index contributed by atoms with van der Waals surface area (Å²) in [6, 6.07) is 8.07. The molecule has 2 amide bonds. The number of piperidine rings is 1. The first-order valence-electron chi connectivity index (χ1n) is 14.6. The standard InChI is InChI=1S/C30H39F3N4O3/c1-35-19-20-40-25-13-7-4-10-22(25)9-3-2-8-14-29(28(35)39)15-17-36(18-16-29)26(38)21-37-24-12-6-5-11-23(24)27(34-37)30(31,32)33/h4,7,10,13H,2-3,5-6,8-9,11-12,14-21H2,1H3. The summed E-state index contributed by atoms with van der Waals surface area (Å²) in [6.45, 7) is 1.51. The SMILES string of the molecule is CN1CCOc2ccccc2CCCCCC2(CCN(C(=O)Cn3nc(C(F)(F)F)c4c3CCCC4)CC2)C1=O. The lowest BCUT2D eigenvalue weighted by Gasteiger charge is -2.42. The molecule has 10 heteroatoms. The van der Waals surface area contributed by atoms with Gasteiger partial charge in [-0.25, -0.2) is 0 Å². The van der Waals surface area contributed by atoms with Crippen LogP contribution in [0.5, 0.6) is 5.75 Å². The Morgan fingerprint density at radius 2 is 1.70 bits per heavy atom. The number of rotatable bonds is 2. The molecule has 0 saturated carbocycles. The van der Waals surface area contributed by atoms with Crippen molar-refractivity contribution in [2.45, 2.75) is 83.4 Å². The highest BCUT2D eigenvalue weighted by atomic mass is 19.4. The first kappa shape index (κ1) is 28.5. The minimum atomic E-state index is -4.53. The molecule has 1 fully saturated rings. The van der Waals surface area contributed by atoms with Gasteiger partial charge in [0, 0.05) is 31.4 Å². The van der Waals surface area contributed by atoms with E-state index in [9.17, 15) is 22.8 Å². The Hall–Kier alpha value is -3.04. The molecule has 1 aliphatic carbocycles. The number of aryl methyl sites for hydroxylation is 1. The second kappa shape index (κ2) is 11.8. The van der Waals surface area contributed by atoms with Crippen LogP contribution in [-0.2, 0) is 41.6 Å². The molecule has 1 spiro atoms. The molecule has 0 radical (unpaired) electrons. The molecule has 5 rings (SSSR count). The Morgan fingerprint density at radius 1 is 0.975 bits per heavy atom. The first-order chi connectivity index (χ1) is 19.2. The maximum atomic E-state index is 13.7. The van der Waals surface area contributed by atoms with Crippen molar-refractivity contribution < 1.29 is 27.5 Å². The molecule has 3 aliphatic rings. The maximum absolute atomic E-state index is 13.7. The number of fused-ring (bicyclic) bond motifs is 2. The van der Waals surface area contributed by atoms with E-state index in [2.05, 4.69) is 11.2 Å². The summed E-state index contributed by atoms with van der Waals surface area (Å²) >= 11 is 0. The van der Waals surface area contributed by atoms with Crippen LogP contribution in [-0.4, -0.2) is 64.7 Å². The summed E-state index contributed by atoms with van der Waals surface area (Å²) in [5, 5.41) is 3.86. The van der Waals surface area contributed by atoms with E-state index < -0.39 is 17.3 Å². The van der Waals surface area contributed by atoms with Gasteiger partial charge in [-0.3, -0.25) is 14.3 Å². The van der Waals surface area contributed by atoms with Gasteiger partial charge in [-0.05, 0) is 69.4 Å². The number of ether oxygens (including phenoxy) is 1. The van der Waals surface area contributed by atoms with Crippen molar-refractivity contribution in [1.82, 2.24) is 19.6 Å². The van der Waals surface area contributed by atoms with Gasteiger partial charge in [0.1, 0.15) is 18.9 Å². The normalized spacial score (nSPS) is 20.6. The molecule has 40 heavy (non-hydrogen) atoms. The molecule has 3 heterocycles. The first-order valence-corrected chi connectivity index (χ1v) is 14.6. The van der Waals surface area contributed by atoms with Crippen LogP contribution in [0.3, 0.4) is 0 Å². The number of halogens is 3. The summed E-state index contributed by atoms with van der Waals surface area (Å²) in [6.07, 6.45) is 3.56. The number of carbonyl (C=O) groups is 2. The van der Waals surface area contributed by atoms with Crippen LogP contribution in [0.1, 0.15) is 73.9 Å². The molecule has 1 aromatic carbocycles. The van der Waals surface area contributed by atoms with Crippen LogP contribution in [0.4, 0.5) is 13.2 Å². The van der Waals surface area contributed by atoms with E-state index in [0.717, 1.165) is 44.3 Å². The van der Waals surface area contributed by atoms with Crippen LogP contribution in [0, 0.1) is 5.41 Å². The Balaban J connectivity index is 1.25. The highest BCUT2D eigenvalue weighted by molar-refractivity contribution is 5.83. The van der Waals surface area contributed by atoms with E-state index in [-0.39, 0.29) is 23.9 Å². The number of likely N-dealkylation sites (N-methyl/N-ethyl adjacent to an activating group) is 1. The van der Waals surface area contributed by atoms with Gasteiger partial charge in [-0.2, -0.15) is 18.3 Å². The lowest BCUT2D eigenvalue weighted by Crippen LogP contribution is -2.51. The fraction of sp³-hybridized carbons (Fsp3) is 0.633. The number of aromatic nitrogens is 2. The zero-order valence-electron chi connectivity index (χ0n) is 23.3. The van der Waals surface area contributed by atoms with Crippen LogP contribution in [0.2, 0.25) is 0 Å². The van der Waals surface area contributed by atoms with Crippen molar-refractivity contribution >= 4 is 11.8 Å². The van der Waals surface area contributed by atoms with Crippen LogP contribution in [0.15, 0.2) is 24.3 Å². The number of likely N-dealkylation sites (tertiary alicyclic amines) is 1. The van der Waals surface area contributed by atoms with Crippen molar-refractivity contribution in [3.05, 3.63) is 46.8 Å². The third-order valence-electron chi connectivity index (χ3n) is 8.94. The van der Waals surface area contributed by atoms with Gasteiger partial charge in [0.25, 0.3) is 0 Å². The van der Waals surface area contributed by atoms with E-state index in [1.807, 2.05) is 25.2 Å². The highest BCUT2D eigenvalue weighted by Gasteiger charge is 2.44. The smallest absolute Gasteiger partial charge is 0.435 e. The number of carbonyl (C=O) groups excluding carboxylic acids is 2. The third kappa shape index (κ3) is 6.00. The van der Waals surface area contributed by atoms with Gasteiger partial charge < -0.3 is 14.5 Å². The van der Waals surface area contributed by atoms with Crippen molar-refractivity contribution in [3.63, 3.8) is 0 Å². The summed E-state index contributed by atoms with van der Waals surface area (Å²) in [4.78, 5) is 30.4. The lowest BCUT2D eigenvalue weighted by atomic mass is 9.73. The monoisotopic (exact) mass is 560 g/mol. The minimum absolute atomic E-state index is 0.0895. The van der Waals surface area contributed by atoms with Crippen LogP contribution < -0.4 is 4.74 Å². The Kier molecular flexibility index (Phi) is 8.42. The maximum Gasteiger partial charge on any atom is 0.435 e. The minimum Gasteiger partial charge on any atom is -0.491 e. The quantitative estimate of drug-likeness (QED) is 0.516. The number of hydrogen-bond acceptors (Lipinski definition) is 4. The van der Waals surface area contributed by atoms with E-state index in [1.54, 1.807) is 9.80 Å². The molecule has 7 nitrogen and oxygen atoms in total. The second-order valence-corrected chi connectivity index (χ2v) is 11.5. The largest absolute Gasteiger partial charge is 0.491 e. The van der Waals surface area contributed by atoms with Crippen molar-refractivity contribution in [2.24, 2.45) is 5.41 Å². The fourth-order valence-electron chi connectivity index (χ4n) is 6.62. The number of para-hydroxylation sites is 1. The van der Waals surface area contributed by atoms with Crippen molar-refractivity contribution in [3.8, 4) is 5.75 Å². The molecule has 0 atom stereocenters. The number of benzene rings is 1. The second-order valence-electron chi connectivity index (χ2n) is 11.5. The Labute approximate surface area is 233 Å². The van der Waals surface area contributed by atoms with Crippen molar-refractivity contribution in [2.75, 3.05) is 33.3 Å². The molecule has 2 aliphatic heterocycles. The van der Waals surface area contributed by atoms with Gasteiger partial charge in [-0.15, -0.1) is 0 Å². The molecule has 0 bridgehead atoms. The van der Waals surface area contributed by atoms with Gasteiger partial charge in [0.05, 0.1) is 12.0 Å². The van der Waals surface area contributed by atoms with Crippen molar-refractivity contribution in [1.29, 1.82) is 0 Å². The fourth-order valence-corrected chi connectivity index (χ4v) is 6.62. The number of alkyl halides is 3. The topological polar surface area (TPSA) is 67.7 Å². The summed E-state index contributed by atoms with van der Waals surface area (Å²) in [5.41, 5.74) is 0.585. The van der Waals surface area contributed by atoms with Gasteiger partial charge in [0.2, 0.25) is 11.8 Å². The average molecular weight is 561 g/mol. The number of amides is 2. The van der Waals surface area contributed by atoms with E-state index >= 15 is 0 Å². The zero-order valence-corrected chi connectivity index (χ0v) is 23.3. The lowest BCUT2D eigenvalue weighted by molar-refractivity contribution is -0.148.